The largest absolute Gasteiger partial charge is 0.399 e. The van der Waals surface area contributed by atoms with Gasteiger partial charge in [-0.05, 0) is 18.2 Å². The molecule has 0 unspecified atom stereocenters. The summed E-state index contributed by atoms with van der Waals surface area (Å²) in [5, 5.41) is 0. The molecular formula is C8H10ClNO2. The van der Waals surface area contributed by atoms with Crippen LogP contribution in [0, 0.1) is 0 Å². The Labute approximate surface area is 76.8 Å². The molecule has 0 saturated carbocycles. The lowest BCUT2D eigenvalue weighted by Gasteiger charge is -2.15. The summed E-state index contributed by atoms with van der Waals surface area (Å²) in [5.74, 6) is 0.783. The van der Waals surface area contributed by atoms with Crippen LogP contribution in [0.3, 0.4) is 0 Å². The summed E-state index contributed by atoms with van der Waals surface area (Å²) in [7, 11) is 0. The fraction of sp³-hybridized carbons (Fsp3) is 0.250. The van der Waals surface area contributed by atoms with E-state index in [4.69, 9.17) is 15.5 Å². The highest BCUT2D eigenvalue weighted by atomic mass is 35.5. The van der Waals surface area contributed by atoms with Crippen molar-refractivity contribution in [3.8, 4) is 5.75 Å². The number of fused-ring (bicyclic) bond motifs is 1. The average Bonchev–Trinajstić information content (AvgIpc) is 2.04. The van der Waals surface area contributed by atoms with E-state index in [-0.39, 0.29) is 12.4 Å². The Morgan fingerprint density at radius 2 is 2.17 bits per heavy atom. The molecule has 0 saturated heterocycles. The minimum absolute atomic E-state index is 0. The van der Waals surface area contributed by atoms with Crippen molar-refractivity contribution in [1.29, 1.82) is 0 Å². The molecule has 3 nitrogen and oxygen atoms in total. The van der Waals surface area contributed by atoms with Gasteiger partial charge < -0.3 is 10.6 Å². The number of rotatable bonds is 0. The molecule has 0 aliphatic carbocycles. The van der Waals surface area contributed by atoms with Crippen LogP contribution in [0.5, 0.6) is 5.75 Å². The zero-order valence-electron chi connectivity index (χ0n) is 6.45. The molecule has 4 heteroatoms. The van der Waals surface area contributed by atoms with E-state index < -0.39 is 0 Å². The van der Waals surface area contributed by atoms with Crippen molar-refractivity contribution < 1.29 is 9.78 Å². The first kappa shape index (κ1) is 9.16. The summed E-state index contributed by atoms with van der Waals surface area (Å²) >= 11 is 0. The summed E-state index contributed by atoms with van der Waals surface area (Å²) in [6.07, 6.45) is 0.875. The van der Waals surface area contributed by atoms with Crippen LogP contribution in [0.15, 0.2) is 18.2 Å². The molecule has 0 bridgehead atoms. The third kappa shape index (κ3) is 1.62. The molecule has 2 rings (SSSR count). The molecule has 1 heterocycles. The zero-order chi connectivity index (χ0) is 7.68. The number of benzene rings is 1. The monoisotopic (exact) mass is 187 g/mol. The minimum Gasteiger partial charge on any atom is -0.399 e. The van der Waals surface area contributed by atoms with E-state index >= 15 is 0 Å². The highest BCUT2D eigenvalue weighted by Crippen LogP contribution is 2.24. The number of nitrogens with two attached hydrogens (primary N) is 1. The number of halogens is 1. The Kier molecular flexibility index (Phi) is 2.78. The van der Waals surface area contributed by atoms with Gasteiger partial charge in [0.2, 0.25) is 0 Å². The zero-order valence-corrected chi connectivity index (χ0v) is 7.26. The molecule has 0 aromatic heterocycles. The van der Waals surface area contributed by atoms with Crippen LogP contribution in [-0.2, 0) is 11.3 Å². The highest BCUT2D eigenvalue weighted by molar-refractivity contribution is 5.85. The van der Waals surface area contributed by atoms with Crippen LogP contribution in [-0.4, -0.2) is 6.61 Å². The molecule has 0 amide bonds. The van der Waals surface area contributed by atoms with Crippen molar-refractivity contribution in [2.24, 2.45) is 0 Å². The van der Waals surface area contributed by atoms with Gasteiger partial charge in [0.1, 0.15) is 0 Å². The summed E-state index contributed by atoms with van der Waals surface area (Å²) in [6.45, 7) is 0.608. The number of hydrogen-bond donors (Lipinski definition) is 1. The molecule has 66 valence electrons. The van der Waals surface area contributed by atoms with Crippen molar-refractivity contribution in [3.63, 3.8) is 0 Å². The molecule has 0 spiro atoms. The molecule has 1 aliphatic heterocycles. The maximum absolute atomic E-state index is 5.59. The van der Waals surface area contributed by atoms with Crippen molar-refractivity contribution in [2.45, 2.75) is 6.42 Å². The van der Waals surface area contributed by atoms with Crippen molar-refractivity contribution in [2.75, 3.05) is 12.3 Å². The first-order valence-corrected chi connectivity index (χ1v) is 3.54. The predicted octanol–water partition coefficient (Wildman–Crippen LogP) is 1.56. The third-order valence-electron chi connectivity index (χ3n) is 1.69. The van der Waals surface area contributed by atoms with Crippen LogP contribution >= 0.6 is 12.4 Å². The minimum atomic E-state index is 0. The lowest BCUT2D eigenvalue weighted by atomic mass is 10.1. The maximum Gasteiger partial charge on any atom is 0.168 e. The predicted molar refractivity (Wildman–Crippen MR) is 48.4 cm³/mol. The lowest BCUT2D eigenvalue weighted by Crippen LogP contribution is -2.10. The van der Waals surface area contributed by atoms with Gasteiger partial charge in [0.25, 0.3) is 0 Å². The van der Waals surface area contributed by atoms with Gasteiger partial charge in [-0.15, -0.1) is 12.4 Å². The van der Waals surface area contributed by atoms with Gasteiger partial charge in [0.05, 0.1) is 6.61 Å². The summed E-state index contributed by atoms with van der Waals surface area (Å²) < 4.78 is 0. The van der Waals surface area contributed by atoms with E-state index in [0.717, 1.165) is 23.4 Å². The van der Waals surface area contributed by atoms with Crippen molar-refractivity contribution >= 4 is 18.1 Å². The molecular weight excluding hydrogens is 178 g/mol. The van der Waals surface area contributed by atoms with E-state index in [1.165, 1.54) is 0 Å². The van der Waals surface area contributed by atoms with E-state index in [1.807, 2.05) is 12.1 Å². The number of hydrogen-bond acceptors (Lipinski definition) is 3. The van der Waals surface area contributed by atoms with E-state index in [9.17, 15) is 0 Å². The second-order valence-electron chi connectivity index (χ2n) is 2.52. The first-order valence-electron chi connectivity index (χ1n) is 3.54. The standard InChI is InChI=1S/C8H9NO2.ClH/c9-7-1-2-8-6(5-7)3-4-10-11-8;/h1-2,5H,3-4,9H2;1H. The Morgan fingerprint density at radius 1 is 1.33 bits per heavy atom. The van der Waals surface area contributed by atoms with Crippen molar-refractivity contribution in [1.82, 2.24) is 0 Å². The van der Waals surface area contributed by atoms with Gasteiger partial charge in [-0.1, -0.05) is 0 Å². The molecule has 2 N–H and O–H groups in total. The van der Waals surface area contributed by atoms with Crippen LogP contribution in [0.1, 0.15) is 5.56 Å². The summed E-state index contributed by atoms with van der Waals surface area (Å²) in [4.78, 5) is 9.72. The van der Waals surface area contributed by atoms with Crippen molar-refractivity contribution in [3.05, 3.63) is 23.8 Å². The molecule has 1 aromatic rings. The Morgan fingerprint density at radius 3 is 3.00 bits per heavy atom. The van der Waals surface area contributed by atoms with Gasteiger partial charge in [0.15, 0.2) is 5.75 Å². The van der Waals surface area contributed by atoms with E-state index in [0.29, 0.717) is 6.61 Å². The van der Waals surface area contributed by atoms with E-state index in [2.05, 4.69) is 0 Å². The van der Waals surface area contributed by atoms with Gasteiger partial charge in [-0.25, -0.2) is 0 Å². The number of nitrogen functional groups attached to an aromatic ring is 1. The topological polar surface area (TPSA) is 44.5 Å². The third-order valence-corrected chi connectivity index (χ3v) is 1.69. The van der Waals surface area contributed by atoms with Crippen LogP contribution < -0.4 is 10.6 Å². The Hall–Kier alpha value is -0.930. The highest BCUT2D eigenvalue weighted by Gasteiger charge is 2.10. The Bertz CT molecular complexity index is 278. The van der Waals surface area contributed by atoms with Crippen LogP contribution in [0.25, 0.3) is 0 Å². The van der Waals surface area contributed by atoms with Gasteiger partial charge >= 0.3 is 0 Å². The SMILES string of the molecule is Cl.Nc1ccc2c(c1)CCOO2. The molecule has 12 heavy (non-hydrogen) atoms. The lowest BCUT2D eigenvalue weighted by molar-refractivity contribution is -0.215. The second kappa shape index (κ2) is 3.65. The van der Waals surface area contributed by atoms with Gasteiger partial charge in [-0.2, -0.15) is 4.89 Å². The van der Waals surface area contributed by atoms with Crippen LogP contribution in [0.4, 0.5) is 5.69 Å². The smallest absolute Gasteiger partial charge is 0.168 e. The summed E-state index contributed by atoms with van der Waals surface area (Å²) in [5.41, 5.74) is 7.48. The Balaban J connectivity index is 0.000000720. The fourth-order valence-electron chi connectivity index (χ4n) is 1.13. The van der Waals surface area contributed by atoms with Gasteiger partial charge in [0, 0.05) is 17.7 Å². The summed E-state index contributed by atoms with van der Waals surface area (Å²) in [6, 6.07) is 5.54. The maximum atomic E-state index is 5.59. The van der Waals surface area contributed by atoms with E-state index in [1.54, 1.807) is 6.07 Å². The molecule has 0 radical (unpaired) electrons. The fourth-order valence-corrected chi connectivity index (χ4v) is 1.13. The average molecular weight is 188 g/mol. The molecule has 0 atom stereocenters. The quantitative estimate of drug-likeness (QED) is 0.495. The van der Waals surface area contributed by atoms with Gasteiger partial charge in [-0.3, -0.25) is 0 Å². The second-order valence-corrected chi connectivity index (χ2v) is 2.52. The molecule has 1 aromatic carbocycles. The molecule has 0 fully saturated rings. The molecule has 1 aliphatic rings. The first-order chi connectivity index (χ1) is 5.36. The number of anilines is 1. The normalized spacial score (nSPS) is 14.0. The van der Waals surface area contributed by atoms with Crippen LogP contribution in [0.2, 0.25) is 0 Å².